The first-order valence-electron chi connectivity index (χ1n) is 9.16. The lowest BCUT2D eigenvalue weighted by atomic mass is 9.94. The van der Waals surface area contributed by atoms with Crippen molar-refractivity contribution in [1.82, 2.24) is 4.90 Å². The number of ether oxygens (including phenoxy) is 2. The number of amides is 1. The normalized spacial score (nSPS) is 15.6. The van der Waals surface area contributed by atoms with Crippen LogP contribution in [-0.2, 0) is 32.0 Å². The van der Waals surface area contributed by atoms with Crippen LogP contribution in [0.5, 0.6) is 0 Å². The van der Waals surface area contributed by atoms with Crippen LogP contribution in [0.2, 0.25) is 0 Å². The number of thiophene rings is 1. The molecule has 29 heavy (non-hydrogen) atoms. The van der Waals surface area contributed by atoms with Crippen LogP contribution < -0.4 is 0 Å². The van der Waals surface area contributed by atoms with Crippen LogP contribution in [0.25, 0.3) is 10.1 Å². The van der Waals surface area contributed by atoms with Gasteiger partial charge in [0.1, 0.15) is 10.9 Å². The summed E-state index contributed by atoms with van der Waals surface area (Å²) in [6.45, 7) is -0.155. The fourth-order valence-corrected chi connectivity index (χ4v) is 4.45. The molecule has 0 unspecified atom stereocenters. The van der Waals surface area contributed by atoms with E-state index < -0.39 is 30.5 Å². The third-order valence-electron chi connectivity index (χ3n) is 5.00. The van der Waals surface area contributed by atoms with Crippen molar-refractivity contribution < 1.29 is 23.9 Å². The summed E-state index contributed by atoms with van der Waals surface area (Å²) in [6.07, 6.45) is 0.374. The number of hydrogen-bond donors (Lipinski definition) is 0. The van der Waals surface area contributed by atoms with Crippen LogP contribution in [0.3, 0.4) is 0 Å². The Morgan fingerprint density at radius 1 is 1.07 bits per heavy atom. The smallest absolute Gasteiger partial charge is 0.348 e. The monoisotopic (exact) mass is 409 g/mol. The summed E-state index contributed by atoms with van der Waals surface area (Å²) in [5, 5.41) is 0.953. The summed E-state index contributed by atoms with van der Waals surface area (Å²) in [5.74, 6) is -1.46. The fraction of sp³-hybridized carbons (Fsp3) is 0.227. The Bertz CT molecular complexity index is 1060. The molecule has 1 aliphatic heterocycles. The lowest BCUT2D eigenvalue weighted by molar-refractivity contribution is -0.155. The molecule has 1 atom stereocenters. The number of esters is 2. The highest BCUT2D eigenvalue weighted by Crippen LogP contribution is 2.27. The van der Waals surface area contributed by atoms with Crippen molar-refractivity contribution in [2.24, 2.45) is 0 Å². The molecule has 1 aromatic heterocycles. The molecule has 0 saturated heterocycles. The zero-order valence-corrected chi connectivity index (χ0v) is 16.6. The third-order valence-corrected chi connectivity index (χ3v) is 6.09. The molecule has 0 saturated carbocycles. The van der Waals surface area contributed by atoms with Crippen molar-refractivity contribution >= 4 is 39.3 Å². The van der Waals surface area contributed by atoms with Gasteiger partial charge in [0.05, 0.1) is 7.11 Å². The highest BCUT2D eigenvalue weighted by molar-refractivity contribution is 7.20. The van der Waals surface area contributed by atoms with Gasteiger partial charge >= 0.3 is 11.9 Å². The standard InChI is InChI=1S/C22H19NO5S/c1-27-21(25)17-10-14-6-2-3-8-16(14)12-23(17)20(24)13-28-22(26)19-11-15-7-4-5-9-18(15)29-19/h2-9,11,17H,10,12-13H2,1H3/t17-/m1/s1. The van der Waals surface area contributed by atoms with Crippen LogP contribution in [0, 0.1) is 0 Å². The Morgan fingerprint density at radius 3 is 2.55 bits per heavy atom. The second kappa shape index (κ2) is 8.05. The third kappa shape index (κ3) is 3.86. The van der Waals surface area contributed by atoms with Gasteiger partial charge in [0, 0.05) is 17.7 Å². The average molecular weight is 409 g/mol. The summed E-state index contributed by atoms with van der Waals surface area (Å²) >= 11 is 1.32. The Hall–Kier alpha value is -3.19. The van der Waals surface area contributed by atoms with Gasteiger partial charge in [-0.2, -0.15) is 0 Å². The van der Waals surface area contributed by atoms with E-state index in [0.29, 0.717) is 11.3 Å². The molecular weight excluding hydrogens is 390 g/mol. The minimum Gasteiger partial charge on any atom is -0.467 e. The molecule has 1 aliphatic rings. The largest absolute Gasteiger partial charge is 0.467 e. The molecule has 7 heteroatoms. The minimum atomic E-state index is -0.731. The molecule has 3 aromatic rings. The molecule has 0 bridgehead atoms. The van der Waals surface area contributed by atoms with E-state index >= 15 is 0 Å². The van der Waals surface area contributed by atoms with Gasteiger partial charge in [-0.25, -0.2) is 9.59 Å². The summed E-state index contributed by atoms with van der Waals surface area (Å²) in [6, 6.07) is 16.3. The molecule has 4 rings (SSSR count). The van der Waals surface area contributed by atoms with Crippen molar-refractivity contribution in [3.63, 3.8) is 0 Å². The van der Waals surface area contributed by atoms with E-state index in [2.05, 4.69) is 0 Å². The molecule has 2 aromatic carbocycles. The maximum atomic E-state index is 12.8. The lowest BCUT2D eigenvalue weighted by Gasteiger charge is -2.35. The Kier molecular flexibility index (Phi) is 5.31. The van der Waals surface area contributed by atoms with Crippen molar-refractivity contribution in [2.75, 3.05) is 13.7 Å². The van der Waals surface area contributed by atoms with E-state index in [1.54, 1.807) is 6.07 Å². The first kappa shape index (κ1) is 19.1. The number of fused-ring (bicyclic) bond motifs is 2. The molecule has 0 fully saturated rings. The number of benzene rings is 2. The quantitative estimate of drug-likeness (QED) is 0.619. The number of hydrogen-bond acceptors (Lipinski definition) is 6. The molecule has 148 valence electrons. The minimum absolute atomic E-state index is 0.273. The van der Waals surface area contributed by atoms with Crippen molar-refractivity contribution in [1.29, 1.82) is 0 Å². The zero-order chi connectivity index (χ0) is 20.4. The van der Waals surface area contributed by atoms with Gasteiger partial charge < -0.3 is 14.4 Å². The Balaban J connectivity index is 1.47. The summed E-state index contributed by atoms with van der Waals surface area (Å²) in [7, 11) is 1.30. The second-order valence-corrected chi connectivity index (χ2v) is 7.84. The molecule has 0 N–H and O–H groups in total. The summed E-state index contributed by atoms with van der Waals surface area (Å²) in [4.78, 5) is 39.3. The molecule has 0 radical (unpaired) electrons. The van der Waals surface area contributed by atoms with E-state index in [1.807, 2.05) is 48.5 Å². The Morgan fingerprint density at radius 2 is 1.79 bits per heavy atom. The summed E-state index contributed by atoms with van der Waals surface area (Å²) < 4.78 is 11.1. The number of nitrogens with zero attached hydrogens (tertiary/aromatic N) is 1. The molecule has 1 amide bonds. The highest BCUT2D eigenvalue weighted by Gasteiger charge is 2.35. The number of carbonyl (C=O) groups is 3. The van der Waals surface area contributed by atoms with Gasteiger partial charge in [-0.05, 0) is 28.6 Å². The van der Waals surface area contributed by atoms with Gasteiger partial charge in [0.15, 0.2) is 6.61 Å². The van der Waals surface area contributed by atoms with Gasteiger partial charge in [-0.1, -0.05) is 42.5 Å². The predicted octanol–water partition coefficient (Wildman–Crippen LogP) is 3.18. The van der Waals surface area contributed by atoms with Crippen LogP contribution in [0.1, 0.15) is 20.8 Å². The van der Waals surface area contributed by atoms with Gasteiger partial charge in [0.25, 0.3) is 5.91 Å². The van der Waals surface area contributed by atoms with Crippen LogP contribution >= 0.6 is 11.3 Å². The van der Waals surface area contributed by atoms with Gasteiger partial charge in [-0.3, -0.25) is 4.79 Å². The molecule has 0 spiro atoms. The van der Waals surface area contributed by atoms with Crippen molar-refractivity contribution in [3.05, 3.63) is 70.6 Å². The first-order valence-corrected chi connectivity index (χ1v) is 9.98. The molecule has 2 heterocycles. The van der Waals surface area contributed by atoms with E-state index in [9.17, 15) is 14.4 Å². The van der Waals surface area contributed by atoms with E-state index in [0.717, 1.165) is 21.2 Å². The molecule has 6 nitrogen and oxygen atoms in total. The van der Waals surface area contributed by atoms with E-state index in [-0.39, 0.29) is 6.54 Å². The topological polar surface area (TPSA) is 72.9 Å². The fourth-order valence-electron chi connectivity index (χ4n) is 3.50. The van der Waals surface area contributed by atoms with Crippen molar-refractivity contribution in [2.45, 2.75) is 19.0 Å². The number of rotatable bonds is 4. The maximum absolute atomic E-state index is 12.8. The molecular formula is C22H19NO5S. The van der Waals surface area contributed by atoms with E-state index in [1.165, 1.54) is 23.3 Å². The average Bonchev–Trinajstić information content (AvgIpc) is 3.20. The van der Waals surface area contributed by atoms with Crippen LogP contribution in [-0.4, -0.2) is 42.5 Å². The predicted molar refractivity (Wildman–Crippen MR) is 109 cm³/mol. The van der Waals surface area contributed by atoms with Crippen LogP contribution in [0.15, 0.2) is 54.6 Å². The van der Waals surface area contributed by atoms with Gasteiger partial charge in [-0.15, -0.1) is 11.3 Å². The first-order chi connectivity index (χ1) is 14.1. The number of carbonyl (C=O) groups excluding carboxylic acids is 3. The second-order valence-electron chi connectivity index (χ2n) is 6.76. The van der Waals surface area contributed by atoms with E-state index in [4.69, 9.17) is 9.47 Å². The zero-order valence-electron chi connectivity index (χ0n) is 15.8. The SMILES string of the molecule is COC(=O)[C@H]1Cc2ccccc2CN1C(=O)COC(=O)c1cc2ccccc2s1. The van der Waals surface area contributed by atoms with Crippen LogP contribution in [0.4, 0.5) is 0 Å². The molecule has 0 aliphatic carbocycles. The summed E-state index contributed by atoms with van der Waals surface area (Å²) in [5.41, 5.74) is 1.98. The van der Waals surface area contributed by atoms with Crippen molar-refractivity contribution in [3.8, 4) is 0 Å². The lowest BCUT2D eigenvalue weighted by Crippen LogP contribution is -2.50. The Labute approximate surface area is 171 Å². The maximum Gasteiger partial charge on any atom is 0.348 e. The number of methoxy groups -OCH3 is 1. The van der Waals surface area contributed by atoms with Gasteiger partial charge in [0.2, 0.25) is 0 Å². The highest BCUT2D eigenvalue weighted by atomic mass is 32.1.